The fourth-order valence-corrected chi connectivity index (χ4v) is 3.06. The van der Waals surface area contributed by atoms with Gasteiger partial charge in [-0.2, -0.15) is 0 Å². The van der Waals surface area contributed by atoms with Crippen molar-refractivity contribution in [2.45, 2.75) is 76.7 Å². The summed E-state index contributed by atoms with van der Waals surface area (Å²) >= 11 is 0. The third kappa shape index (κ3) is 6.97. The van der Waals surface area contributed by atoms with Crippen molar-refractivity contribution in [2.75, 3.05) is 5.32 Å². The first-order valence-electron chi connectivity index (χ1n) is 8.87. The summed E-state index contributed by atoms with van der Waals surface area (Å²) < 4.78 is 5.65. The van der Waals surface area contributed by atoms with Gasteiger partial charge in [-0.25, -0.2) is 4.79 Å². The fraction of sp³-hybridized carbons (Fsp3) is 0.632. The lowest BCUT2D eigenvalue weighted by atomic mass is 9.99. The minimum absolute atomic E-state index is 0.0724. The van der Waals surface area contributed by atoms with Crippen LogP contribution in [0.3, 0.4) is 0 Å². The van der Waals surface area contributed by atoms with Crippen LogP contribution in [0.25, 0.3) is 0 Å². The van der Waals surface area contributed by atoms with Crippen LogP contribution in [0, 0.1) is 0 Å². The molecule has 1 amide bonds. The second-order valence-corrected chi connectivity index (χ2v) is 6.28. The normalized spacial score (nSPS) is 18.7. The van der Waals surface area contributed by atoms with Crippen LogP contribution in [0.2, 0.25) is 0 Å². The molecular formula is C19H29NO2. The number of hydrogen-bond acceptors (Lipinski definition) is 2. The van der Waals surface area contributed by atoms with Gasteiger partial charge in [-0.05, 0) is 37.8 Å². The Morgan fingerprint density at radius 3 is 1.86 bits per heavy atom. The van der Waals surface area contributed by atoms with E-state index in [9.17, 15) is 4.79 Å². The molecule has 2 rings (SSSR count). The number of benzene rings is 1. The topological polar surface area (TPSA) is 38.3 Å². The summed E-state index contributed by atoms with van der Waals surface area (Å²) in [7, 11) is 0. The largest absolute Gasteiger partial charge is 0.446 e. The molecule has 0 atom stereocenters. The fourth-order valence-electron chi connectivity index (χ4n) is 3.06. The van der Waals surface area contributed by atoms with E-state index in [1.807, 2.05) is 30.3 Å². The molecule has 22 heavy (non-hydrogen) atoms. The zero-order chi connectivity index (χ0) is 15.5. The number of ether oxygens (including phenoxy) is 1. The Hall–Kier alpha value is -1.51. The van der Waals surface area contributed by atoms with Crippen molar-refractivity contribution in [1.82, 2.24) is 0 Å². The van der Waals surface area contributed by atoms with Crippen LogP contribution < -0.4 is 5.32 Å². The smallest absolute Gasteiger partial charge is 0.411 e. The molecule has 1 aromatic carbocycles. The predicted molar refractivity (Wildman–Crippen MR) is 91.1 cm³/mol. The van der Waals surface area contributed by atoms with Crippen LogP contribution in [-0.4, -0.2) is 12.2 Å². The highest BCUT2D eigenvalue weighted by molar-refractivity contribution is 5.84. The van der Waals surface area contributed by atoms with Crippen molar-refractivity contribution >= 4 is 11.8 Å². The molecular weight excluding hydrogens is 274 g/mol. The molecule has 0 heterocycles. The number of hydrogen-bond donors (Lipinski definition) is 1. The molecule has 0 aliphatic heterocycles. The number of amides is 1. The van der Waals surface area contributed by atoms with Crippen molar-refractivity contribution in [3.8, 4) is 0 Å². The molecule has 0 saturated heterocycles. The van der Waals surface area contributed by atoms with Crippen LogP contribution >= 0.6 is 0 Å². The summed E-state index contributed by atoms with van der Waals surface area (Å²) in [5.74, 6) is 0. The van der Waals surface area contributed by atoms with E-state index in [0.29, 0.717) is 0 Å². The van der Waals surface area contributed by atoms with E-state index in [-0.39, 0.29) is 12.2 Å². The molecule has 1 saturated carbocycles. The second kappa shape index (κ2) is 10.3. The first-order chi connectivity index (χ1) is 10.8. The Balaban J connectivity index is 1.77. The van der Waals surface area contributed by atoms with E-state index >= 15 is 0 Å². The van der Waals surface area contributed by atoms with Gasteiger partial charge < -0.3 is 4.74 Å². The van der Waals surface area contributed by atoms with Crippen LogP contribution in [0.4, 0.5) is 10.5 Å². The Kier molecular flexibility index (Phi) is 7.86. The summed E-state index contributed by atoms with van der Waals surface area (Å²) in [6, 6.07) is 9.50. The van der Waals surface area contributed by atoms with Crippen LogP contribution in [0.5, 0.6) is 0 Å². The Bertz CT molecular complexity index is 407. The van der Waals surface area contributed by atoms with Gasteiger partial charge in [0.1, 0.15) is 6.10 Å². The van der Waals surface area contributed by atoms with Gasteiger partial charge in [0, 0.05) is 5.69 Å². The number of nitrogens with one attached hydrogen (secondary N) is 1. The number of rotatable bonds is 2. The number of anilines is 1. The average Bonchev–Trinajstić information content (AvgIpc) is 2.51. The maximum absolute atomic E-state index is 12.0. The zero-order valence-corrected chi connectivity index (χ0v) is 13.6. The number of carbonyl (C=O) groups excluding carboxylic acids is 1. The standard InChI is InChI=1S/C19H29NO2/c21-19(20-17-13-9-8-10-14-17)22-18-15-11-6-4-2-1-3-5-7-12-16-18/h8-10,13-14,18H,1-7,11-12,15-16H2,(H,20,21). The third-order valence-electron chi connectivity index (χ3n) is 4.35. The van der Waals surface area contributed by atoms with Gasteiger partial charge >= 0.3 is 6.09 Å². The number of carbonyl (C=O) groups is 1. The third-order valence-corrected chi connectivity index (χ3v) is 4.35. The molecule has 0 unspecified atom stereocenters. The summed E-state index contributed by atoms with van der Waals surface area (Å²) in [4.78, 5) is 12.0. The van der Waals surface area contributed by atoms with E-state index < -0.39 is 0 Å². The van der Waals surface area contributed by atoms with E-state index in [2.05, 4.69) is 5.32 Å². The maximum Gasteiger partial charge on any atom is 0.411 e. The Morgan fingerprint density at radius 2 is 1.32 bits per heavy atom. The van der Waals surface area contributed by atoms with Gasteiger partial charge in [-0.3, -0.25) is 5.32 Å². The lowest BCUT2D eigenvalue weighted by molar-refractivity contribution is 0.0958. The SMILES string of the molecule is O=C(Nc1ccccc1)OC1CCCCCCCCCCC1. The lowest BCUT2D eigenvalue weighted by Crippen LogP contribution is -2.22. The average molecular weight is 303 g/mol. The molecule has 0 bridgehead atoms. The molecule has 1 aliphatic carbocycles. The quantitative estimate of drug-likeness (QED) is 0.737. The molecule has 122 valence electrons. The molecule has 0 aromatic heterocycles. The van der Waals surface area contributed by atoms with Crippen molar-refractivity contribution in [3.05, 3.63) is 30.3 Å². The van der Waals surface area contributed by atoms with Crippen LogP contribution in [0.1, 0.15) is 70.6 Å². The molecule has 3 nitrogen and oxygen atoms in total. The van der Waals surface area contributed by atoms with Crippen molar-refractivity contribution in [3.63, 3.8) is 0 Å². The van der Waals surface area contributed by atoms with Crippen LogP contribution in [0.15, 0.2) is 30.3 Å². The summed E-state index contributed by atoms with van der Waals surface area (Å²) in [5.41, 5.74) is 0.792. The van der Waals surface area contributed by atoms with Gasteiger partial charge in [-0.15, -0.1) is 0 Å². The Morgan fingerprint density at radius 1 is 0.818 bits per heavy atom. The molecule has 1 aliphatic rings. The molecule has 1 aromatic rings. The molecule has 3 heteroatoms. The highest BCUT2D eigenvalue weighted by atomic mass is 16.6. The van der Waals surface area contributed by atoms with Crippen molar-refractivity contribution < 1.29 is 9.53 Å². The molecule has 1 fully saturated rings. The van der Waals surface area contributed by atoms with Crippen LogP contribution in [-0.2, 0) is 4.74 Å². The van der Waals surface area contributed by atoms with Crippen molar-refractivity contribution in [1.29, 1.82) is 0 Å². The first-order valence-corrected chi connectivity index (χ1v) is 8.87. The minimum Gasteiger partial charge on any atom is -0.446 e. The van der Waals surface area contributed by atoms with Gasteiger partial charge in [0.25, 0.3) is 0 Å². The molecule has 0 spiro atoms. The Labute approximate surface area is 134 Å². The number of para-hydroxylation sites is 1. The summed E-state index contributed by atoms with van der Waals surface area (Å²) in [6.07, 6.45) is 13.4. The van der Waals surface area contributed by atoms with Crippen molar-refractivity contribution in [2.24, 2.45) is 0 Å². The van der Waals surface area contributed by atoms with Gasteiger partial charge in [0.2, 0.25) is 0 Å². The van der Waals surface area contributed by atoms with Gasteiger partial charge in [0.15, 0.2) is 0 Å². The van der Waals surface area contributed by atoms with E-state index in [1.165, 1.54) is 57.8 Å². The van der Waals surface area contributed by atoms with E-state index in [1.54, 1.807) is 0 Å². The van der Waals surface area contributed by atoms with Gasteiger partial charge in [-0.1, -0.05) is 63.1 Å². The summed E-state index contributed by atoms with van der Waals surface area (Å²) in [5, 5.41) is 2.81. The monoisotopic (exact) mass is 303 g/mol. The molecule has 0 radical (unpaired) electrons. The van der Waals surface area contributed by atoms with Gasteiger partial charge in [0.05, 0.1) is 0 Å². The zero-order valence-electron chi connectivity index (χ0n) is 13.6. The summed E-state index contributed by atoms with van der Waals surface area (Å²) in [6.45, 7) is 0. The van der Waals surface area contributed by atoms with E-state index in [0.717, 1.165) is 18.5 Å². The minimum atomic E-state index is -0.316. The lowest BCUT2D eigenvalue weighted by Gasteiger charge is -2.19. The highest BCUT2D eigenvalue weighted by Gasteiger charge is 2.14. The predicted octanol–water partition coefficient (Wildman–Crippen LogP) is 5.91. The highest BCUT2D eigenvalue weighted by Crippen LogP contribution is 2.19. The maximum atomic E-state index is 12.0. The molecule has 1 N–H and O–H groups in total. The van der Waals surface area contributed by atoms with E-state index in [4.69, 9.17) is 4.74 Å². The second-order valence-electron chi connectivity index (χ2n) is 6.28. The first kappa shape index (κ1) is 16.9.